The molecule has 4 rings (SSSR count). The average Bonchev–Trinajstić information content (AvgIpc) is 3.18. The second-order valence-electron chi connectivity index (χ2n) is 7.79. The number of urea groups is 1. The van der Waals surface area contributed by atoms with Crippen LogP contribution in [0.4, 0.5) is 10.5 Å². The lowest BCUT2D eigenvalue weighted by atomic mass is 9.99. The SMILES string of the molecule is CCN1CC(CS(=O)(=O)NC(=O)Nc2c3c(cc4c2CCC4)CCC3)C1. The summed E-state index contributed by atoms with van der Waals surface area (Å²) in [6.45, 7) is 4.58. The number of benzene rings is 1. The zero-order valence-corrected chi connectivity index (χ0v) is 16.1. The fourth-order valence-corrected chi connectivity index (χ4v) is 5.89. The van der Waals surface area contributed by atoms with E-state index in [2.05, 4.69) is 27.9 Å². The van der Waals surface area contributed by atoms with Crippen LogP contribution < -0.4 is 10.0 Å². The van der Waals surface area contributed by atoms with E-state index in [-0.39, 0.29) is 11.7 Å². The number of hydrogen-bond acceptors (Lipinski definition) is 4. The minimum Gasteiger partial charge on any atom is -0.307 e. The van der Waals surface area contributed by atoms with Crippen molar-refractivity contribution in [3.05, 3.63) is 28.3 Å². The number of rotatable bonds is 5. The first-order chi connectivity index (χ1) is 12.4. The Morgan fingerprint density at radius 3 is 2.31 bits per heavy atom. The van der Waals surface area contributed by atoms with Gasteiger partial charge in [-0.15, -0.1) is 0 Å². The first-order valence-corrected chi connectivity index (χ1v) is 11.3. The number of amides is 2. The molecule has 2 amide bonds. The summed E-state index contributed by atoms with van der Waals surface area (Å²) in [7, 11) is -3.61. The van der Waals surface area contributed by atoms with Gasteiger partial charge in [0.2, 0.25) is 10.0 Å². The van der Waals surface area contributed by atoms with Crippen LogP contribution in [0.3, 0.4) is 0 Å². The van der Waals surface area contributed by atoms with Crippen molar-refractivity contribution >= 4 is 21.7 Å². The largest absolute Gasteiger partial charge is 0.332 e. The van der Waals surface area contributed by atoms with Gasteiger partial charge in [0.25, 0.3) is 0 Å². The molecule has 0 atom stereocenters. The van der Waals surface area contributed by atoms with Crippen LogP contribution in [0.15, 0.2) is 6.07 Å². The number of nitrogens with zero attached hydrogens (tertiary/aromatic N) is 1. The van der Waals surface area contributed by atoms with E-state index < -0.39 is 16.1 Å². The van der Waals surface area contributed by atoms with Crippen LogP contribution in [0.5, 0.6) is 0 Å². The van der Waals surface area contributed by atoms with E-state index >= 15 is 0 Å². The van der Waals surface area contributed by atoms with Crippen molar-refractivity contribution in [2.75, 3.05) is 30.7 Å². The Labute approximate surface area is 155 Å². The molecule has 0 unspecified atom stereocenters. The van der Waals surface area contributed by atoms with Gasteiger partial charge in [-0.1, -0.05) is 13.0 Å². The van der Waals surface area contributed by atoms with Crippen molar-refractivity contribution < 1.29 is 13.2 Å². The fraction of sp³-hybridized carbons (Fsp3) is 0.632. The van der Waals surface area contributed by atoms with Gasteiger partial charge in [-0.05, 0) is 67.3 Å². The normalized spacial score (nSPS) is 19.7. The lowest BCUT2D eigenvalue weighted by molar-refractivity contribution is 0.122. The molecule has 7 heteroatoms. The first kappa shape index (κ1) is 17.8. The zero-order valence-electron chi connectivity index (χ0n) is 15.3. The molecule has 0 bridgehead atoms. The number of carbonyl (C=O) groups excluding carboxylic acids is 1. The Kier molecular flexibility index (Phi) is 4.69. The van der Waals surface area contributed by atoms with Gasteiger partial charge in [0.05, 0.1) is 5.75 Å². The summed E-state index contributed by atoms with van der Waals surface area (Å²) in [4.78, 5) is 14.6. The summed E-state index contributed by atoms with van der Waals surface area (Å²) in [5, 5.41) is 2.89. The van der Waals surface area contributed by atoms with Crippen LogP contribution in [-0.4, -0.2) is 44.7 Å². The molecule has 2 aliphatic carbocycles. The smallest absolute Gasteiger partial charge is 0.307 e. The maximum absolute atomic E-state index is 12.4. The van der Waals surface area contributed by atoms with Crippen LogP contribution in [0.25, 0.3) is 0 Å². The standard InChI is InChI=1S/C19H27N3O3S/c1-2-22-10-13(11-22)12-26(24,25)21-19(23)20-18-16-7-3-5-14(16)9-15-6-4-8-17(15)18/h9,13H,2-8,10-12H2,1H3,(H2,20,21,23). The van der Waals surface area contributed by atoms with E-state index in [1.807, 2.05) is 0 Å². The van der Waals surface area contributed by atoms with Gasteiger partial charge >= 0.3 is 6.03 Å². The van der Waals surface area contributed by atoms with Gasteiger partial charge in [0.15, 0.2) is 0 Å². The second-order valence-corrected chi connectivity index (χ2v) is 9.56. The van der Waals surface area contributed by atoms with Crippen molar-refractivity contribution in [3.8, 4) is 0 Å². The molecule has 1 aromatic rings. The molecule has 3 aliphatic rings. The predicted octanol–water partition coefficient (Wildman–Crippen LogP) is 2.07. The first-order valence-electron chi connectivity index (χ1n) is 9.65. The van der Waals surface area contributed by atoms with E-state index in [1.165, 1.54) is 22.3 Å². The summed E-state index contributed by atoms with van der Waals surface area (Å²) in [6, 6.07) is 1.67. The van der Waals surface area contributed by atoms with Gasteiger partial charge in [-0.3, -0.25) is 0 Å². The molecule has 26 heavy (non-hydrogen) atoms. The molecule has 1 fully saturated rings. The average molecular weight is 378 g/mol. The molecule has 0 spiro atoms. The topological polar surface area (TPSA) is 78.5 Å². The molecule has 1 saturated heterocycles. The third-order valence-electron chi connectivity index (χ3n) is 5.89. The summed E-state index contributed by atoms with van der Waals surface area (Å²) in [5.74, 6) is 0.132. The minimum atomic E-state index is -3.61. The van der Waals surface area contributed by atoms with Crippen molar-refractivity contribution in [2.45, 2.75) is 45.4 Å². The summed E-state index contributed by atoms with van der Waals surface area (Å²) in [5.41, 5.74) is 5.92. The maximum atomic E-state index is 12.4. The van der Waals surface area contributed by atoms with Crippen molar-refractivity contribution in [1.29, 1.82) is 0 Å². The molecule has 0 saturated carbocycles. The molecule has 0 aromatic heterocycles. The molecule has 6 nitrogen and oxygen atoms in total. The maximum Gasteiger partial charge on any atom is 0.332 e. The van der Waals surface area contributed by atoms with Crippen molar-refractivity contribution in [2.24, 2.45) is 5.92 Å². The quantitative estimate of drug-likeness (QED) is 0.823. The van der Waals surface area contributed by atoms with E-state index in [1.54, 1.807) is 0 Å². The molecular weight excluding hydrogens is 350 g/mol. The van der Waals surface area contributed by atoms with E-state index in [0.717, 1.165) is 63.8 Å². The summed E-state index contributed by atoms with van der Waals surface area (Å²) >= 11 is 0. The van der Waals surface area contributed by atoms with Crippen molar-refractivity contribution in [3.63, 3.8) is 0 Å². The Morgan fingerprint density at radius 1 is 1.12 bits per heavy atom. The van der Waals surface area contributed by atoms with E-state index in [0.29, 0.717) is 0 Å². The molecule has 142 valence electrons. The molecule has 1 aromatic carbocycles. The monoisotopic (exact) mass is 377 g/mol. The Morgan fingerprint density at radius 2 is 1.73 bits per heavy atom. The highest BCUT2D eigenvalue weighted by Crippen LogP contribution is 2.38. The molecule has 2 N–H and O–H groups in total. The number of aryl methyl sites for hydroxylation is 2. The molecular formula is C19H27N3O3S. The van der Waals surface area contributed by atoms with Crippen LogP contribution in [0, 0.1) is 5.92 Å². The predicted molar refractivity (Wildman–Crippen MR) is 102 cm³/mol. The number of anilines is 1. The number of carbonyl (C=O) groups is 1. The van der Waals surface area contributed by atoms with E-state index in [4.69, 9.17) is 0 Å². The summed E-state index contributed by atoms with van der Waals surface area (Å²) < 4.78 is 26.8. The molecule has 0 radical (unpaired) electrons. The number of hydrogen-bond donors (Lipinski definition) is 2. The third kappa shape index (κ3) is 3.47. The number of nitrogens with one attached hydrogen (secondary N) is 2. The molecule has 1 heterocycles. The lowest BCUT2D eigenvalue weighted by Crippen LogP contribution is -2.51. The Balaban J connectivity index is 1.44. The van der Waals surface area contributed by atoms with E-state index in [9.17, 15) is 13.2 Å². The number of sulfonamides is 1. The number of fused-ring (bicyclic) bond motifs is 2. The van der Waals surface area contributed by atoms with Gasteiger partial charge in [0, 0.05) is 24.7 Å². The van der Waals surface area contributed by atoms with Crippen LogP contribution >= 0.6 is 0 Å². The van der Waals surface area contributed by atoms with Crippen LogP contribution in [-0.2, 0) is 35.7 Å². The highest BCUT2D eigenvalue weighted by atomic mass is 32.2. The van der Waals surface area contributed by atoms with Gasteiger partial charge < -0.3 is 10.2 Å². The second kappa shape index (κ2) is 6.85. The molecule has 1 aliphatic heterocycles. The van der Waals surface area contributed by atoms with Crippen molar-refractivity contribution in [1.82, 2.24) is 9.62 Å². The van der Waals surface area contributed by atoms with Gasteiger partial charge in [-0.2, -0.15) is 0 Å². The van der Waals surface area contributed by atoms with Gasteiger partial charge in [-0.25, -0.2) is 17.9 Å². The third-order valence-corrected chi connectivity index (χ3v) is 7.30. The number of likely N-dealkylation sites (tertiary alicyclic amines) is 1. The summed E-state index contributed by atoms with van der Waals surface area (Å²) in [6.07, 6.45) is 6.21. The Hall–Kier alpha value is -1.60. The van der Waals surface area contributed by atoms with Gasteiger partial charge in [0.1, 0.15) is 0 Å². The van der Waals surface area contributed by atoms with Crippen LogP contribution in [0.1, 0.15) is 42.0 Å². The highest BCUT2D eigenvalue weighted by Gasteiger charge is 2.31. The van der Waals surface area contributed by atoms with Crippen LogP contribution in [0.2, 0.25) is 0 Å². The minimum absolute atomic E-state index is 0.0158. The Bertz CT molecular complexity index is 797. The highest BCUT2D eigenvalue weighted by molar-refractivity contribution is 7.90. The zero-order chi connectivity index (χ0) is 18.3. The lowest BCUT2D eigenvalue weighted by Gasteiger charge is -2.38. The fourth-order valence-electron chi connectivity index (χ4n) is 4.64.